The van der Waals surface area contributed by atoms with Gasteiger partial charge in [0.05, 0.1) is 13.0 Å². The number of carbonyl (C=O) groups is 2. The van der Waals surface area contributed by atoms with E-state index in [1.807, 2.05) is 24.3 Å². The minimum Gasteiger partial charge on any atom is -0.466 e. The van der Waals surface area contributed by atoms with Crippen molar-refractivity contribution in [3.63, 3.8) is 0 Å². The van der Waals surface area contributed by atoms with E-state index in [0.717, 1.165) is 24.0 Å². The topological polar surface area (TPSA) is 43.4 Å². The van der Waals surface area contributed by atoms with Crippen molar-refractivity contribution in [2.24, 2.45) is 5.92 Å². The fraction of sp³-hybridized carbons (Fsp3) is 0.429. The van der Waals surface area contributed by atoms with Crippen molar-refractivity contribution in [3.05, 3.63) is 35.4 Å². The molecular weight excluding hydrogens is 216 g/mol. The van der Waals surface area contributed by atoms with Crippen molar-refractivity contribution in [1.29, 1.82) is 0 Å². The molecular formula is C14H16O3. The monoisotopic (exact) mass is 232 g/mol. The molecule has 1 aliphatic carbocycles. The SMILES string of the molecule is CCOC(=O)C[C@H]1CCc2ccccc2C1=O. The number of esters is 1. The molecule has 90 valence electrons. The molecule has 0 heterocycles. The second-order valence-corrected chi connectivity index (χ2v) is 4.27. The Morgan fingerprint density at radius 1 is 1.41 bits per heavy atom. The highest BCUT2D eigenvalue weighted by Crippen LogP contribution is 2.27. The Hall–Kier alpha value is -1.64. The molecule has 0 saturated carbocycles. The van der Waals surface area contributed by atoms with Gasteiger partial charge in [0.15, 0.2) is 5.78 Å². The summed E-state index contributed by atoms with van der Waals surface area (Å²) in [5, 5.41) is 0. The van der Waals surface area contributed by atoms with Crippen molar-refractivity contribution in [2.45, 2.75) is 26.2 Å². The number of fused-ring (bicyclic) bond motifs is 1. The van der Waals surface area contributed by atoms with E-state index in [1.165, 1.54) is 0 Å². The summed E-state index contributed by atoms with van der Waals surface area (Å²) < 4.78 is 4.89. The van der Waals surface area contributed by atoms with Gasteiger partial charge in [-0.1, -0.05) is 24.3 Å². The zero-order valence-corrected chi connectivity index (χ0v) is 9.94. The third kappa shape index (κ3) is 2.54. The third-order valence-corrected chi connectivity index (χ3v) is 3.13. The lowest BCUT2D eigenvalue weighted by atomic mass is 9.81. The first-order chi connectivity index (χ1) is 8.22. The molecule has 0 radical (unpaired) electrons. The molecule has 0 amide bonds. The van der Waals surface area contributed by atoms with E-state index in [-0.39, 0.29) is 24.1 Å². The summed E-state index contributed by atoms with van der Waals surface area (Å²) in [6, 6.07) is 7.63. The van der Waals surface area contributed by atoms with E-state index in [2.05, 4.69) is 0 Å². The van der Waals surface area contributed by atoms with Crippen LogP contribution in [-0.2, 0) is 16.0 Å². The van der Waals surface area contributed by atoms with Crippen LogP contribution in [0.1, 0.15) is 35.7 Å². The summed E-state index contributed by atoms with van der Waals surface area (Å²) in [5.41, 5.74) is 1.87. The zero-order chi connectivity index (χ0) is 12.3. The van der Waals surface area contributed by atoms with Crippen LogP contribution in [0.2, 0.25) is 0 Å². The fourth-order valence-corrected chi connectivity index (χ4v) is 2.28. The molecule has 0 fully saturated rings. The van der Waals surface area contributed by atoms with Gasteiger partial charge in [0.1, 0.15) is 0 Å². The molecule has 3 heteroatoms. The van der Waals surface area contributed by atoms with Gasteiger partial charge < -0.3 is 4.74 Å². The molecule has 0 aromatic heterocycles. The minimum atomic E-state index is -0.273. The average molecular weight is 232 g/mol. The Morgan fingerprint density at radius 3 is 2.94 bits per heavy atom. The van der Waals surface area contributed by atoms with Crippen LogP contribution in [0.3, 0.4) is 0 Å². The van der Waals surface area contributed by atoms with E-state index in [1.54, 1.807) is 6.92 Å². The normalized spacial score (nSPS) is 18.6. The fourth-order valence-electron chi connectivity index (χ4n) is 2.28. The average Bonchev–Trinajstić information content (AvgIpc) is 2.33. The molecule has 0 bridgehead atoms. The molecule has 1 aliphatic rings. The Bertz CT molecular complexity index is 437. The highest BCUT2D eigenvalue weighted by atomic mass is 16.5. The quantitative estimate of drug-likeness (QED) is 0.751. The summed E-state index contributed by atoms with van der Waals surface area (Å²) in [7, 11) is 0. The summed E-state index contributed by atoms with van der Waals surface area (Å²) in [5.74, 6) is -0.394. The van der Waals surface area contributed by atoms with Crippen molar-refractivity contribution in [1.82, 2.24) is 0 Å². The lowest BCUT2D eigenvalue weighted by Crippen LogP contribution is -2.25. The standard InChI is InChI=1S/C14H16O3/c1-2-17-13(15)9-11-8-7-10-5-3-4-6-12(10)14(11)16/h3-6,11H,2,7-9H2,1H3/t11-/m1/s1. The summed E-state index contributed by atoms with van der Waals surface area (Å²) in [4.78, 5) is 23.5. The van der Waals surface area contributed by atoms with E-state index in [9.17, 15) is 9.59 Å². The van der Waals surface area contributed by atoms with Crippen LogP contribution in [0.4, 0.5) is 0 Å². The lowest BCUT2D eigenvalue weighted by Gasteiger charge is -2.22. The van der Waals surface area contributed by atoms with Gasteiger partial charge in [0.25, 0.3) is 0 Å². The van der Waals surface area contributed by atoms with Gasteiger partial charge in [-0.2, -0.15) is 0 Å². The van der Waals surface area contributed by atoms with Gasteiger partial charge >= 0.3 is 5.97 Å². The highest BCUT2D eigenvalue weighted by Gasteiger charge is 2.29. The smallest absolute Gasteiger partial charge is 0.306 e. The van der Waals surface area contributed by atoms with Gasteiger partial charge in [0.2, 0.25) is 0 Å². The molecule has 0 unspecified atom stereocenters. The maximum atomic E-state index is 12.1. The first kappa shape index (κ1) is 11.8. The molecule has 1 aromatic rings. The van der Waals surface area contributed by atoms with Gasteiger partial charge in [-0.3, -0.25) is 9.59 Å². The number of aryl methyl sites for hydroxylation is 1. The van der Waals surface area contributed by atoms with Crippen molar-refractivity contribution < 1.29 is 14.3 Å². The minimum absolute atomic E-state index is 0.0832. The Kier molecular flexibility index (Phi) is 3.57. The van der Waals surface area contributed by atoms with Gasteiger partial charge in [-0.25, -0.2) is 0 Å². The number of benzene rings is 1. The molecule has 0 aliphatic heterocycles. The first-order valence-corrected chi connectivity index (χ1v) is 6.00. The van der Waals surface area contributed by atoms with E-state index >= 15 is 0 Å². The maximum Gasteiger partial charge on any atom is 0.306 e. The Balaban J connectivity index is 2.10. The molecule has 1 aromatic carbocycles. The Morgan fingerprint density at radius 2 is 2.18 bits per heavy atom. The number of ether oxygens (including phenoxy) is 1. The van der Waals surface area contributed by atoms with Crippen LogP contribution >= 0.6 is 0 Å². The summed E-state index contributed by atoms with van der Waals surface area (Å²) in [6.07, 6.45) is 1.82. The third-order valence-electron chi connectivity index (χ3n) is 3.13. The second-order valence-electron chi connectivity index (χ2n) is 4.27. The zero-order valence-electron chi connectivity index (χ0n) is 9.94. The van der Waals surface area contributed by atoms with Crippen LogP contribution in [0.5, 0.6) is 0 Å². The van der Waals surface area contributed by atoms with Gasteiger partial charge in [-0.15, -0.1) is 0 Å². The van der Waals surface area contributed by atoms with Crippen LogP contribution in [-0.4, -0.2) is 18.4 Å². The second kappa shape index (κ2) is 5.13. The van der Waals surface area contributed by atoms with Crippen LogP contribution < -0.4 is 0 Å². The van der Waals surface area contributed by atoms with Crippen molar-refractivity contribution in [2.75, 3.05) is 6.61 Å². The number of rotatable bonds is 3. The first-order valence-electron chi connectivity index (χ1n) is 6.00. The van der Waals surface area contributed by atoms with E-state index in [4.69, 9.17) is 4.74 Å². The van der Waals surface area contributed by atoms with Crippen molar-refractivity contribution in [3.8, 4) is 0 Å². The van der Waals surface area contributed by atoms with Crippen LogP contribution in [0.25, 0.3) is 0 Å². The molecule has 2 rings (SSSR count). The maximum absolute atomic E-state index is 12.1. The molecule has 0 saturated heterocycles. The van der Waals surface area contributed by atoms with Gasteiger partial charge in [0, 0.05) is 11.5 Å². The Labute approximate surface area is 101 Å². The largest absolute Gasteiger partial charge is 0.466 e. The van der Waals surface area contributed by atoms with Crippen LogP contribution in [0.15, 0.2) is 24.3 Å². The number of Topliss-reactive ketones (excluding diaryl/α,β-unsaturated/α-hetero) is 1. The van der Waals surface area contributed by atoms with Gasteiger partial charge in [-0.05, 0) is 25.3 Å². The lowest BCUT2D eigenvalue weighted by molar-refractivity contribution is -0.143. The molecule has 0 spiro atoms. The predicted molar refractivity (Wildman–Crippen MR) is 63.8 cm³/mol. The summed E-state index contributed by atoms with van der Waals surface area (Å²) in [6.45, 7) is 2.15. The van der Waals surface area contributed by atoms with E-state index in [0.29, 0.717) is 6.61 Å². The molecule has 3 nitrogen and oxygen atoms in total. The highest BCUT2D eigenvalue weighted by molar-refractivity contribution is 6.01. The predicted octanol–water partition coefficient (Wildman–Crippen LogP) is 2.38. The summed E-state index contributed by atoms with van der Waals surface area (Å²) >= 11 is 0. The van der Waals surface area contributed by atoms with Crippen LogP contribution in [0, 0.1) is 5.92 Å². The number of hydrogen-bond acceptors (Lipinski definition) is 3. The number of ketones is 1. The molecule has 0 N–H and O–H groups in total. The van der Waals surface area contributed by atoms with E-state index < -0.39 is 0 Å². The number of carbonyl (C=O) groups excluding carboxylic acids is 2. The molecule has 1 atom stereocenters. The van der Waals surface area contributed by atoms with Crippen molar-refractivity contribution >= 4 is 11.8 Å². The number of hydrogen-bond donors (Lipinski definition) is 0. The molecule has 17 heavy (non-hydrogen) atoms.